The summed E-state index contributed by atoms with van der Waals surface area (Å²) in [5, 5.41) is 24.5. The van der Waals surface area contributed by atoms with Crippen LogP contribution in [0.2, 0.25) is 0 Å². The predicted molar refractivity (Wildman–Crippen MR) is 133 cm³/mol. The number of hydrogen-bond acceptors (Lipinski definition) is 6. The molecule has 0 radical (unpaired) electrons. The molecule has 0 bridgehead atoms. The van der Waals surface area contributed by atoms with Crippen molar-refractivity contribution in [1.29, 1.82) is 0 Å². The molecule has 36 heavy (non-hydrogen) atoms. The van der Waals surface area contributed by atoms with E-state index >= 15 is 0 Å². The van der Waals surface area contributed by atoms with Crippen LogP contribution in [0.3, 0.4) is 0 Å². The zero-order valence-corrected chi connectivity index (χ0v) is 20.3. The number of piperidine rings is 1. The fourth-order valence-electron chi connectivity index (χ4n) is 3.74. The molecule has 194 valence electrons. The second-order valence-corrected chi connectivity index (χ2v) is 8.12. The van der Waals surface area contributed by atoms with E-state index in [0.717, 1.165) is 42.8 Å². The van der Waals surface area contributed by atoms with Gasteiger partial charge in [0.25, 0.3) is 0 Å². The Bertz CT molecular complexity index is 967. The number of benzene rings is 2. The van der Waals surface area contributed by atoms with Gasteiger partial charge < -0.3 is 29.7 Å². The van der Waals surface area contributed by atoms with Gasteiger partial charge in [-0.05, 0) is 43.0 Å². The van der Waals surface area contributed by atoms with E-state index in [0.29, 0.717) is 25.3 Å². The van der Waals surface area contributed by atoms with Crippen molar-refractivity contribution < 1.29 is 39.2 Å². The minimum Gasteiger partial charge on any atom is -0.494 e. The maximum atomic E-state index is 10.8. The largest absolute Gasteiger partial charge is 0.494 e. The first kappa shape index (κ1) is 28.5. The van der Waals surface area contributed by atoms with Crippen molar-refractivity contribution in [2.45, 2.75) is 38.4 Å². The second kappa shape index (κ2) is 15.3. The van der Waals surface area contributed by atoms with Crippen LogP contribution < -0.4 is 4.74 Å². The highest BCUT2D eigenvalue weighted by Gasteiger charge is 2.25. The van der Waals surface area contributed by atoms with Crippen molar-refractivity contribution in [3.05, 3.63) is 77.9 Å². The Morgan fingerprint density at radius 3 is 1.97 bits per heavy atom. The van der Waals surface area contributed by atoms with Gasteiger partial charge in [-0.3, -0.25) is 4.79 Å². The summed E-state index contributed by atoms with van der Waals surface area (Å²) in [6, 6.07) is 18.4. The highest BCUT2D eigenvalue weighted by molar-refractivity contribution is 5.89. The molecule has 1 unspecified atom stereocenters. The summed E-state index contributed by atoms with van der Waals surface area (Å²) in [6.07, 6.45) is 3.19. The molecule has 1 saturated heterocycles. The Kier molecular flexibility index (Phi) is 12.2. The Hall–Kier alpha value is -3.69. The fourth-order valence-corrected chi connectivity index (χ4v) is 3.74. The van der Waals surface area contributed by atoms with Crippen LogP contribution in [0.15, 0.2) is 66.7 Å². The van der Waals surface area contributed by atoms with Crippen LogP contribution in [0, 0.1) is 0 Å². The fraction of sp³-hybridized carbons (Fsp3) is 0.370. The second-order valence-electron chi connectivity index (χ2n) is 8.12. The van der Waals surface area contributed by atoms with Gasteiger partial charge in [0.05, 0.1) is 19.1 Å². The van der Waals surface area contributed by atoms with Crippen LogP contribution in [-0.2, 0) is 19.1 Å². The molecule has 0 aromatic heterocycles. The molecule has 9 heteroatoms. The normalized spacial score (nSPS) is 15.0. The molecular formula is C27H33NO8. The van der Waals surface area contributed by atoms with Gasteiger partial charge in [-0.1, -0.05) is 42.5 Å². The van der Waals surface area contributed by atoms with E-state index in [-0.39, 0.29) is 18.6 Å². The predicted octanol–water partition coefficient (Wildman–Crippen LogP) is 3.84. The van der Waals surface area contributed by atoms with Crippen molar-refractivity contribution in [1.82, 2.24) is 4.90 Å². The summed E-state index contributed by atoms with van der Waals surface area (Å²) < 4.78 is 12.1. The quantitative estimate of drug-likeness (QED) is 0.394. The van der Waals surface area contributed by atoms with Gasteiger partial charge in [0.15, 0.2) is 0 Å². The molecule has 9 nitrogen and oxygen atoms in total. The van der Waals surface area contributed by atoms with Crippen LogP contribution in [0.25, 0.3) is 0 Å². The smallest absolute Gasteiger partial charge is 0.328 e. The lowest BCUT2D eigenvalue weighted by Gasteiger charge is -2.34. The first-order valence-electron chi connectivity index (χ1n) is 11.8. The SMILES string of the molecule is CCOc1ccc(C(OC2CCN(CCC(=O)O)CC2)c2ccccc2)cc1.O=C(O)/C=C/C(=O)O. The number of carboxylic acids is 3. The topological polar surface area (TPSA) is 134 Å². The zero-order valence-electron chi connectivity index (χ0n) is 20.3. The molecule has 1 fully saturated rings. The molecule has 1 aliphatic rings. The van der Waals surface area contributed by atoms with Crippen molar-refractivity contribution in [3.63, 3.8) is 0 Å². The lowest BCUT2D eigenvalue weighted by molar-refractivity contribution is -0.137. The van der Waals surface area contributed by atoms with Gasteiger partial charge in [-0.15, -0.1) is 0 Å². The van der Waals surface area contributed by atoms with E-state index in [2.05, 4.69) is 29.2 Å². The summed E-state index contributed by atoms with van der Waals surface area (Å²) in [7, 11) is 0. The summed E-state index contributed by atoms with van der Waals surface area (Å²) in [6.45, 7) is 5.00. The molecule has 0 spiro atoms. The lowest BCUT2D eigenvalue weighted by atomic mass is 10.00. The first-order valence-corrected chi connectivity index (χ1v) is 11.8. The Labute approximate surface area is 210 Å². The number of nitrogens with zero attached hydrogens (tertiary/aromatic N) is 1. The first-order chi connectivity index (χ1) is 17.3. The van der Waals surface area contributed by atoms with Crippen molar-refractivity contribution >= 4 is 17.9 Å². The monoisotopic (exact) mass is 499 g/mol. The van der Waals surface area contributed by atoms with E-state index in [1.54, 1.807) is 0 Å². The van der Waals surface area contributed by atoms with Gasteiger partial charge in [0, 0.05) is 31.8 Å². The maximum absolute atomic E-state index is 10.8. The van der Waals surface area contributed by atoms with E-state index in [9.17, 15) is 14.4 Å². The van der Waals surface area contributed by atoms with E-state index < -0.39 is 17.9 Å². The lowest BCUT2D eigenvalue weighted by Crippen LogP contribution is -2.38. The van der Waals surface area contributed by atoms with Gasteiger partial charge in [0.2, 0.25) is 0 Å². The number of likely N-dealkylation sites (tertiary alicyclic amines) is 1. The Morgan fingerprint density at radius 1 is 0.917 bits per heavy atom. The third-order valence-corrected chi connectivity index (χ3v) is 5.47. The molecule has 0 saturated carbocycles. The average molecular weight is 500 g/mol. The minimum absolute atomic E-state index is 0.118. The van der Waals surface area contributed by atoms with E-state index in [4.69, 9.17) is 24.8 Å². The van der Waals surface area contributed by atoms with Crippen molar-refractivity contribution in [2.24, 2.45) is 0 Å². The van der Waals surface area contributed by atoms with Crippen molar-refractivity contribution in [2.75, 3.05) is 26.2 Å². The van der Waals surface area contributed by atoms with E-state index in [1.165, 1.54) is 0 Å². The molecule has 0 amide bonds. The number of ether oxygens (including phenoxy) is 2. The molecular weight excluding hydrogens is 466 g/mol. The standard InChI is InChI=1S/C23H29NO4.C4H4O4/c1-2-27-20-10-8-19(9-11-20)23(18-6-4-3-5-7-18)28-21-12-15-24(16-13-21)17-14-22(25)26;5-3(6)1-2-4(7)8/h3-11,21,23H,2,12-17H2,1H3,(H,25,26);1-2H,(H,5,6)(H,7,8)/b;2-1+. The summed E-state index contributed by atoms with van der Waals surface area (Å²) in [4.78, 5) is 32.1. The number of hydrogen-bond donors (Lipinski definition) is 3. The Balaban J connectivity index is 0.000000493. The molecule has 3 rings (SSSR count). The average Bonchev–Trinajstić information content (AvgIpc) is 2.87. The van der Waals surface area contributed by atoms with E-state index in [1.807, 2.05) is 37.3 Å². The van der Waals surface area contributed by atoms with Crippen LogP contribution in [0.1, 0.15) is 43.4 Å². The molecule has 1 aliphatic heterocycles. The summed E-state index contributed by atoms with van der Waals surface area (Å²) in [5.41, 5.74) is 2.25. The van der Waals surface area contributed by atoms with Crippen LogP contribution in [0.4, 0.5) is 0 Å². The molecule has 0 aliphatic carbocycles. The maximum Gasteiger partial charge on any atom is 0.328 e. The summed E-state index contributed by atoms with van der Waals surface area (Å²) >= 11 is 0. The molecule has 1 atom stereocenters. The molecule has 2 aromatic rings. The van der Waals surface area contributed by atoms with Crippen LogP contribution >= 0.6 is 0 Å². The number of aliphatic carboxylic acids is 3. The molecule has 1 heterocycles. The summed E-state index contributed by atoms with van der Waals surface area (Å²) in [5.74, 6) is -2.39. The van der Waals surface area contributed by atoms with Crippen LogP contribution in [-0.4, -0.2) is 70.5 Å². The third-order valence-electron chi connectivity index (χ3n) is 5.47. The highest BCUT2D eigenvalue weighted by atomic mass is 16.5. The number of carboxylic acid groups (broad SMARTS) is 3. The molecule has 3 N–H and O–H groups in total. The van der Waals surface area contributed by atoms with Gasteiger partial charge >= 0.3 is 17.9 Å². The minimum atomic E-state index is -1.26. The number of carbonyl (C=O) groups is 3. The van der Waals surface area contributed by atoms with Gasteiger partial charge in [0.1, 0.15) is 11.9 Å². The van der Waals surface area contributed by atoms with Crippen molar-refractivity contribution in [3.8, 4) is 5.75 Å². The zero-order chi connectivity index (χ0) is 26.3. The Morgan fingerprint density at radius 2 is 1.47 bits per heavy atom. The van der Waals surface area contributed by atoms with Gasteiger partial charge in [-0.2, -0.15) is 0 Å². The number of rotatable bonds is 11. The highest BCUT2D eigenvalue weighted by Crippen LogP contribution is 2.31. The van der Waals surface area contributed by atoms with Crippen LogP contribution in [0.5, 0.6) is 5.75 Å². The third kappa shape index (κ3) is 10.7. The molecule has 2 aromatic carbocycles. The van der Waals surface area contributed by atoms with Gasteiger partial charge in [-0.25, -0.2) is 9.59 Å².